The van der Waals surface area contributed by atoms with Crippen LogP contribution in [0.1, 0.15) is 6.42 Å². The molecule has 2 N–H and O–H groups in total. The van der Waals surface area contributed by atoms with Gasteiger partial charge in [0.25, 0.3) is 0 Å². The van der Waals surface area contributed by atoms with E-state index in [1.54, 1.807) is 16.7 Å². The van der Waals surface area contributed by atoms with Crippen molar-refractivity contribution in [3.8, 4) is 0 Å². The number of nitrogens with two attached hydrogens (primary N) is 1. The van der Waals surface area contributed by atoms with Crippen molar-refractivity contribution in [2.75, 3.05) is 25.3 Å². The lowest BCUT2D eigenvalue weighted by Crippen LogP contribution is -2.44. The van der Waals surface area contributed by atoms with Crippen molar-refractivity contribution in [1.82, 2.24) is 4.90 Å². The number of carbonyl (C=O) groups is 2. The highest BCUT2D eigenvalue weighted by Crippen LogP contribution is 2.42. The van der Waals surface area contributed by atoms with Gasteiger partial charge in [0, 0.05) is 12.3 Å². The Morgan fingerprint density at radius 3 is 2.76 bits per heavy atom. The maximum Gasteiger partial charge on any atom is 0.309 e. The van der Waals surface area contributed by atoms with E-state index in [4.69, 9.17) is 5.73 Å². The Balaban J connectivity index is 0.00000144. The molecule has 2 fully saturated rings. The molecule has 7 heteroatoms. The Morgan fingerprint density at radius 1 is 1.53 bits per heavy atom. The van der Waals surface area contributed by atoms with Gasteiger partial charge in [0.15, 0.2) is 0 Å². The molecule has 0 aromatic rings. The average molecular weight is 281 g/mol. The molecule has 3 atom stereocenters. The van der Waals surface area contributed by atoms with Gasteiger partial charge in [-0.1, -0.05) is 0 Å². The van der Waals surface area contributed by atoms with Gasteiger partial charge in [-0.25, -0.2) is 0 Å². The van der Waals surface area contributed by atoms with Gasteiger partial charge in [0.1, 0.15) is 0 Å². The summed E-state index contributed by atoms with van der Waals surface area (Å²) in [5, 5.41) is 0. The van der Waals surface area contributed by atoms with Gasteiger partial charge in [-0.05, 0) is 12.3 Å². The third-order valence-electron chi connectivity index (χ3n) is 3.15. The molecule has 2 aliphatic rings. The lowest BCUT2D eigenvalue weighted by molar-refractivity contribution is -0.142. The number of rotatable bonds is 3. The first-order valence-corrected chi connectivity index (χ1v) is 6.50. The fourth-order valence-electron chi connectivity index (χ4n) is 2.02. The summed E-state index contributed by atoms with van der Waals surface area (Å²) in [6.07, 6.45) is 0.681. The topological polar surface area (TPSA) is 72.6 Å². The van der Waals surface area contributed by atoms with Crippen molar-refractivity contribution in [3.63, 3.8) is 0 Å². The molecule has 5 nitrogen and oxygen atoms in total. The molecule has 0 radical (unpaired) electrons. The Kier molecular flexibility index (Phi) is 5.09. The zero-order valence-corrected chi connectivity index (χ0v) is 11.3. The van der Waals surface area contributed by atoms with E-state index in [0.29, 0.717) is 6.42 Å². The second-order valence-electron chi connectivity index (χ2n) is 4.19. The largest absolute Gasteiger partial charge is 0.469 e. The van der Waals surface area contributed by atoms with Crippen LogP contribution in [0.25, 0.3) is 0 Å². The Hall–Kier alpha value is -0.460. The highest BCUT2D eigenvalue weighted by Gasteiger charge is 2.50. The van der Waals surface area contributed by atoms with E-state index < -0.39 is 6.04 Å². The number of hydrogen-bond donors (Lipinski definition) is 1. The van der Waals surface area contributed by atoms with E-state index in [2.05, 4.69) is 4.74 Å². The summed E-state index contributed by atoms with van der Waals surface area (Å²) in [6, 6.07) is -0.539. The third kappa shape index (κ3) is 3.05. The van der Waals surface area contributed by atoms with Gasteiger partial charge in [0.05, 0.1) is 24.9 Å². The quantitative estimate of drug-likeness (QED) is 0.741. The molecule has 2 rings (SSSR count). The molecule has 98 valence electrons. The van der Waals surface area contributed by atoms with Crippen molar-refractivity contribution in [2.24, 2.45) is 17.6 Å². The fourth-order valence-corrected chi connectivity index (χ4v) is 2.97. The maximum atomic E-state index is 11.9. The first-order chi connectivity index (χ1) is 7.65. The zero-order chi connectivity index (χ0) is 11.7. The van der Waals surface area contributed by atoms with Gasteiger partial charge in [0.2, 0.25) is 5.91 Å². The SMILES string of the molecule is COC(=O)C1CC1C(N)C(=O)N1CCSC1.Cl. The minimum absolute atomic E-state index is 0. The molecule has 1 amide bonds. The van der Waals surface area contributed by atoms with Gasteiger partial charge >= 0.3 is 5.97 Å². The van der Waals surface area contributed by atoms with Crippen LogP contribution < -0.4 is 5.73 Å². The molecule has 1 saturated carbocycles. The van der Waals surface area contributed by atoms with Crippen molar-refractivity contribution in [1.29, 1.82) is 0 Å². The Bertz CT molecular complexity index is 310. The Morgan fingerprint density at radius 2 is 2.24 bits per heavy atom. The monoisotopic (exact) mass is 280 g/mol. The second-order valence-corrected chi connectivity index (χ2v) is 5.27. The van der Waals surface area contributed by atoms with Gasteiger partial charge in [-0.3, -0.25) is 9.59 Å². The minimum Gasteiger partial charge on any atom is -0.469 e. The number of nitrogens with zero attached hydrogens (tertiary/aromatic N) is 1. The van der Waals surface area contributed by atoms with E-state index in [-0.39, 0.29) is 36.1 Å². The summed E-state index contributed by atoms with van der Waals surface area (Å²) < 4.78 is 4.64. The van der Waals surface area contributed by atoms with Crippen molar-refractivity contribution in [3.05, 3.63) is 0 Å². The van der Waals surface area contributed by atoms with Crippen LogP contribution in [0.3, 0.4) is 0 Å². The lowest BCUT2D eigenvalue weighted by Gasteiger charge is -2.19. The molecule has 0 bridgehead atoms. The molecular weight excluding hydrogens is 264 g/mol. The second kappa shape index (κ2) is 5.93. The number of carbonyl (C=O) groups excluding carboxylic acids is 2. The number of methoxy groups -OCH3 is 1. The average Bonchev–Trinajstić information content (AvgIpc) is 2.91. The maximum absolute atomic E-state index is 11.9. The summed E-state index contributed by atoms with van der Waals surface area (Å²) in [5.41, 5.74) is 5.88. The van der Waals surface area contributed by atoms with Gasteiger partial charge in [-0.2, -0.15) is 0 Å². The molecule has 0 aromatic carbocycles. The molecule has 0 aromatic heterocycles. The van der Waals surface area contributed by atoms with Crippen LogP contribution in [0.2, 0.25) is 0 Å². The molecular formula is C10H17ClN2O3S. The summed E-state index contributed by atoms with van der Waals surface area (Å²) in [6.45, 7) is 0.771. The highest BCUT2D eigenvalue weighted by atomic mass is 35.5. The van der Waals surface area contributed by atoms with Crippen LogP contribution >= 0.6 is 24.2 Å². The van der Waals surface area contributed by atoms with Crippen molar-refractivity contribution < 1.29 is 14.3 Å². The summed E-state index contributed by atoms with van der Waals surface area (Å²) in [4.78, 5) is 24.9. The molecule has 17 heavy (non-hydrogen) atoms. The number of thioether (sulfide) groups is 1. The smallest absolute Gasteiger partial charge is 0.309 e. The third-order valence-corrected chi connectivity index (χ3v) is 4.12. The number of esters is 1. The van der Waals surface area contributed by atoms with Crippen LogP contribution in [-0.4, -0.2) is 48.1 Å². The molecule has 0 spiro atoms. The van der Waals surface area contributed by atoms with Crippen LogP contribution in [0, 0.1) is 11.8 Å². The van der Waals surface area contributed by atoms with Crippen LogP contribution in [0.15, 0.2) is 0 Å². The van der Waals surface area contributed by atoms with E-state index in [1.807, 2.05) is 0 Å². The fraction of sp³-hybridized carbons (Fsp3) is 0.800. The van der Waals surface area contributed by atoms with E-state index in [9.17, 15) is 9.59 Å². The van der Waals surface area contributed by atoms with Gasteiger partial charge < -0.3 is 15.4 Å². The van der Waals surface area contributed by atoms with E-state index >= 15 is 0 Å². The Labute approximate surface area is 111 Å². The van der Waals surface area contributed by atoms with E-state index in [1.165, 1.54) is 7.11 Å². The predicted molar refractivity (Wildman–Crippen MR) is 67.9 cm³/mol. The normalized spacial score (nSPS) is 28.2. The molecule has 1 aliphatic carbocycles. The number of hydrogen-bond acceptors (Lipinski definition) is 5. The minimum atomic E-state index is -0.539. The first-order valence-electron chi connectivity index (χ1n) is 5.35. The van der Waals surface area contributed by atoms with Crippen molar-refractivity contribution >= 4 is 36.0 Å². The standard InChI is InChI=1S/C10H16N2O3S.ClH/c1-15-10(14)7-4-6(7)8(11)9(13)12-2-3-16-5-12;/h6-8H,2-5,11H2,1H3;1H. The molecule has 1 saturated heterocycles. The highest BCUT2D eigenvalue weighted by molar-refractivity contribution is 7.99. The lowest BCUT2D eigenvalue weighted by atomic mass is 10.1. The number of amides is 1. The van der Waals surface area contributed by atoms with Gasteiger partial charge in [-0.15, -0.1) is 24.2 Å². The van der Waals surface area contributed by atoms with Crippen LogP contribution in [0.5, 0.6) is 0 Å². The molecule has 1 aliphatic heterocycles. The van der Waals surface area contributed by atoms with Crippen LogP contribution in [0.4, 0.5) is 0 Å². The zero-order valence-electron chi connectivity index (χ0n) is 9.63. The molecule has 1 heterocycles. The summed E-state index contributed by atoms with van der Waals surface area (Å²) >= 11 is 1.73. The van der Waals surface area contributed by atoms with E-state index in [0.717, 1.165) is 18.2 Å². The first kappa shape index (κ1) is 14.6. The summed E-state index contributed by atoms with van der Waals surface area (Å²) in [5.74, 6) is 1.24. The summed E-state index contributed by atoms with van der Waals surface area (Å²) in [7, 11) is 1.36. The number of halogens is 1. The van der Waals surface area contributed by atoms with Crippen LogP contribution in [-0.2, 0) is 14.3 Å². The predicted octanol–water partition coefficient (Wildman–Crippen LogP) is 0.0775. The molecule has 3 unspecified atom stereocenters. The van der Waals surface area contributed by atoms with Crippen molar-refractivity contribution in [2.45, 2.75) is 12.5 Å². The number of ether oxygens (including phenoxy) is 1.